The lowest BCUT2D eigenvalue weighted by Gasteiger charge is -2.13. The summed E-state index contributed by atoms with van der Waals surface area (Å²) in [6.07, 6.45) is 32.6. The molecule has 0 fully saturated rings. The fourth-order valence-corrected chi connectivity index (χ4v) is 3.89. The molecule has 0 bridgehead atoms. The molecule has 0 aliphatic carbocycles. The summed E-state index contributed by atoms with van der Waals surface area (Å²) < 4.78 is 0. The summed E-state index contributed by atoms with van der Waals surface area (Å²) in [5.41, 5.74) is 0. The van der Waals surface area contributed by atoms with Crippen molar-refractivity contribution in [3.05, 3.63) is 24.3 Å². The highest BCUT2D eigenvalue weighted by atomic mass is 15.1. The molecule has 0 aromatic heterocycles. The maximum absolute atomic E-state index is 4.84. The predicted molar refractivity (Wildman–Crippen MR) is 125 cm³/mol. The summed E-state index contributed by atoms with van der Waals surface area (Å²) in [7, 11) is 0. The minimum Gasteiger partial charge on any atom is -0.190 e. The zero-order chi connectivity index (χ0) is 20.1. The summed E-state index contributed by atoms with van der Waals surface area (Å²) in [5.74, 6) is 0. The lowest BCUT2D eigenvalue weighted by molar-refractivity contribution is 0.483. The van der Waals surface area contributed by atoms with Gasteiger partial charge >= 0.3 is 0 Å². The van der Waals surface area contributed by atoms with Crippen molar-refractivity contribution in [2.24, 2.45) is 10.2 Å². The van der Waals surface area contributed by atoms with E-state index in [-0.39, 0.29) is 0 Å². The van der Waals surface area contributed by atoms with Crippen LogP contribution in [0.5, 0.6) is 0 Å². The van der Waals surface area contributed by atoms with Gasteiger partial charge in [0.15, 0.2) is 0 Å². The third-order valence-corrected chi connectivity index (χ3v) is 5.82. The third kappa shape index (κ3) is 15.1. The Bertz CT molecular complexity index is 373. The van der Waals surface area contributed by atoms with Gasteiger partial charge in [-0.15, -0.1) is 0 Å². The van der Waals surface area contributed by atoms with Gasteiger partial charge in [0.25, 0.3) is 0 Å². The van der Waals surface area contributed by atoms with Crippen LogP contribution in [0.2, 0.25) is 0 Å². The average Bonchev–Trinajstić information content (AvgIpc) is 2.70. The molecule has 0 spiro atoms. The molecule has 0 aromatic carbocycles. The Labute approximate surface area is 176 Å². The number of hydrogen-bond acceptors (Lipinski definition) is 2. The van der Waals surface area contributed by atoms with Gasteiger partial charge in [0.05, 0.1) is 12.1 Å². The molecule has 1 rings (SSSR count). The first kappa shape index (κ1) is 25.1. The van der Waals surface area contributed by atoms with Crippen molar-refractivity contribution in [3.63, 3.8) is 0 Å². The number of hydrogen-bond donors (Lipinski definition) is 0. The lowest BCUT2D eigenvalue weighted by atomic mass is 10.0. The first-order chi connectivity index (χ1) is 13.9. The van der Waals surface area contributed by atoms with E-state index in [4.69, 9.17) is 10.2 Å². The van der Waals surface area contributed by atoms with Gasteiger partial charge in [0, 0.05) is 0 Å². The van der Waals surface area contributed by atoms with Crippen molar-refractivity contribution in [3.8, 4) is 0 Å². The minimum atomic E-state index is 0.401. The first-order valence-corrected chi connectivity index (χ1v) is 12.6. The molecular formula is C26H48N2. The summed E-state index contributed by atoms with van der Waals surface area (Å²) in [6.45, 7) is 4.57. The van der Waals surface area contributed by atoms with E-state index in [1.807, 2.05) is 0 Å². The van der Waals surface area contributed by atoms with Gasteiger partial charge in [-0.2, -0.15) is 10.2 Å². The monoisotopic (exact) mass is 388 g/mol. The van der Waals surface area contributed by atoms with E-state index in [0.717, 1.165) is 12.8 Å². The SMILES string of the molecule is CCCCCCCCC1C/C=C/CC/C=C/CC(CCCCCCCC)N=N1. The predicted octanol–water partition coefficient (Wildman–Crippen LogP) is 9.36. The van der Waals surface area contributed by atoms with Gasteiger partial charge in [-0.1, -0.05) is 115 Å². The molecule has 0 aromatic rings. The summed E-state index contributed by atoms with van der Waals surface area (Å²) in [6, 6.07) is 0.802. The molecule has 0 saturated heterocycles. The van der Waals surface area contributed by atoms with E-state index < -0.39 is 0 Å². The molecule has 2 atom stereocenters. The van der Waals surface area contributed by atoms with E-state index in [2.05, 4.69) is 38.2 Å². The highest BCUT2D eigenvalue weighted by Gasteiger charge is 2.09. The van der Waals surface area contributed by atoms with Crippen molar-refractivity contribution in [1.29, 1.82) is 0 Å². The highest BCUT2D eigenvalue weighted by molar-refractivity contribution is 4.92. The maximum Gasteiger partial charge on any atom is 0.0742 e. The standard InChI is InChI=1S/C26H48N2/c1-3-5-7-9-13-17-21-25-23-19-15-11-12-16-20-24-26(28-27-25)22-18-14-10-8-6-4-2/h15-16,19-20,25-26H,3-14,17-18,21-24H2,1-2H3/b19-15+,20-16+,28-27?. The van der Waals surface area contributed by atoms with Crippen molar-refractivity contribution < 1.29 is 0 Å². The van der Waals surface area contributed by atoms with Crippen LogP contribution in [0, 0.1) is 0 Å². The van der Waals surface area contributed by atoms with Crippen LogP contribution in [0.4, 0.5) is 0 Å². The van der Waals surface area contributed by atoms with Gasteiger partial charge in [0.2, 0.25) is 0 Å². The zero-order valence-corrected chi connectivity index (χ0v) is 19.1. The van der Waals surface area contributed by atoms with Crippen LogP contribution in [-0.2, 0) is 0 Å². The molecule has 1 aliphatic rings. The average molecular weight is 389 g/mol. The Hall–Kier alpha value is -0.920. The molecule has 0 saturated carbocycles. The Morgan fingerprint density at radius 1 is 0.536 bits per heavy atom. The van der Waals surface area contributed by atoms with Crippen LogP contribution in [0.1, 0.15) is 129 Å². The molecule has 1 heterocycles. The molecule has 0 radical (unpaired) electrons. The molecule has 0 amide bonds. The van der Waals surface area contributed by atoms with E-state index in [1.54, 1.807) is 0 Å². The first-order valence-electron chi connectivity index (χ1n) is 12.6. The van der Waals surface area contributed by atoms with Crippen molar-refractivity contribution >= 4 is 0 Å². The molecule has 2 unspecified atom stereocenters. The topological polar surface area (TPSA) is 24.7 Å². The van der Waals surface area contributed by atoms with Crippen LogP contribution in [0.25, 0.3) is 0 Å². The van der Waals surface area contributed by atoms with E-state index >= 15 is 0 Å². The Morgan fingerprint density at radius 2 is 0.929 bits per heavy atom. The number of unbranched alkanes of at least 4 members (excludes halogenated alkanes) is 10. The molecular weight excluding hydrogens is 340 g/mol. The Kier molecular flexibility index (Phi) is 17.4. The van der Waals surface area contributed by atoms with Crippen LogP contribution in [0.15, 0.2) is 34.5 Å². The molecule has 162 valence electrons. The smallest absolute Gasteiger partial charge is 0.0742 e. The van der Waals surface area contributed by atoms with Crippen LogP contribution >= 0.6 is 0 Å². The van der Waals surface area contributed by atoms with Crippen molar-refractivity contribution in [2.45, 2.75) is 142 Å². The van der Waals surface area contributed by atoms with Crippen LogP contribution < -0.4 is 0 Å². The number of nitrogens with zero attached hydrogens (tertiary/aromatic N) is 2. The zero-order valence-electron chi connectivity index (χ0n) is 19.1. The molecule has 28 heavy (non-hydrogen) atoms. The van der Waals surface area contributed by atoms with E-state index in [0.29, 0.717) is 12.1 Å². The quantitative estimate of drug-likeness (QED) is 0.209. The minimum absolute atomic E-state index is 0.401. The Morgan fingerprint density at radius 3 is 1.36 bits per heavy atom. The molecule has 2 nitrogen and oxygen atoms in total. The number of rotatable bonds is 14. The molecule has 2 heteroatoms. The summed E-state index contributed by atoms with van der Waals surface area (Å²) in [5, 5.41) is 9.68. The van der Waals surface area contributed by atoms with Crippen LogP contribution in [0.3, 0.4) is 0 Å². The fourth-order valence-electron chi connectivity index (χ4n) is 3.89. The molecule has 1 aliphatic heterocycles. The van der Waals surface area contributed by atoms with Gasteiger partial charge in [-0.25, -0.2) is 0 Å². The van der Waals surface area contributed by atoms with Crippen molar-refractivity contribution in [1.82, 2.24) is 0 Å². The van der Waals surface area contributed by atoms with E-state index in [1.165, 1.54) is 103 Å². The normalized spacial score (nSPS) is 23.1. The largest absolute Gasteiger partial charge is 0.190 e. The summed E-state index contributed by atoms with van der Waals surface area (Å²) >= 11 is 0. The van der Waals surface area contributed by atoms with Gasteiger partial charge < -0.3 is 0 Å². The van der Waals surface area contributed by atoms with Gasteiger partial charge in [-0.05, 0) is 38.5 Å². The number of azo groups is 1. The lowest BCUT2D eigenvalue weighted by Crippen LogP contribution is -2.07. The van der Waals surface area contributed by atoms with Gasteiger partial charge in [-0.3, -0.25) is 0 Å². The van der Waals surface area contributed by atoms with Crippen molar-refractivity contribution in [2.75, 3.05) is 0 Å². The second-order valence-corrected chi connectivity index (χ2v) is 8.64. The Balaban J connectivity index is 2.43. The fraction of sp³-hybridized carbons (Fsp3) is 0.846. The maximum atomic E-state index is 4.84. The van der Waals surface area contributed by atoms with E-state index in [9.17, 15) is 0 Å². The van der Waals surface area contributed by atoms with Gasteiger partial charge in [0.1, 0.15) is 0 Å². The number of allylic oxidation sites excluding steroid dienone is 2. The summed E-state index contributed by atoms with van der Waals surface area (Å²) in [4.78, 5) is 0. The second kappa shape index (κ2) is 19.4. The third-order valence-electron chi connectivity index (χ3n) is 5.82. The van der Waals surface area contributed by atoms with Crippen LogP contribution in [-0.4, -0.2) is 12.1 Å². The highest BCUT2D eigenvalue weighted by Crippen LogP contribution is 2.18. The molecule has 0 N–H and O–H groups in total. The second-order valence-electron chi connectivity index (χ2n) is 8.64.